The average Bonchev–Trinajstić information content (AvgIpc) is 2.85. The van der Waals surface area contributed by atoms with Crippen LogP contribution in [0.25, 0.3) is 5.57 Å². The Balaban J connectivity index is 2.03. The second-order valence-electron chi connectivity index (χ2n) is 6.49. The number of thiophene rings is 1. The number of carbonyl (C=O) groups is 1. The molecule has 1 heterocycles. The van der Waals surface area contributed by atoms with Crippen molar-refractivity contribution in [1.82, 2.24) is 4.90 Å². The van der Waals surface area contributed by atoms with E-state index in [0.29, 0.717) is 0 Å². The van der Waals surface area contributed by atoms with Crippen molar-refractivity contribution in [3.05, 3.63) is 62.9 Å². The highest BCUT2D eigenvalue weighted by molar-refractivity contribution is 7.12. The van der Waals surface area contributed by atoms with Crippen molar-refractivity contribution in [2.24, 2.45) is 0 Å². The zero-order chi connectivity index (χ0) is 17.1. The third-order valence-electron chi connectivity index (χ3n) is 4.33. The van der Waals surface area contributed by atoms with E-state index in [2.05, 4.69) is 55.4 Å². The van der Waals surface area contributed by atoms with Crippen LogP contribution in [0, 0.1) is 0 Å². The fraction of sp³-hybridized carbons (Fsp3) is 0.350. The Bertz CT molecular complexity index is 774. The van der Waals surface area contributed by atoms with Crippen LogP contribution < -0.4 is 0 Å². The number of nitrogens with zero attached hydrogens (tertiary/aromatic N) is 1. The molecule has 0 aliphatic heterocycles. The van der Waals surface area contributed by atoms with E-state index in [9.17, 15) is 4.79 Å². The van der Waals surface area contributed by atoms with Gasteiger partial charge in [0.15, 0.2) is 0 Å². The molecule has 0 atom stereocenters. The van der Waals surface area contributed by atoms with Gasteiger partial charge in [-0.1, -0.05) is 30.3 Å². The molecule has 0 amide bonds. The summed E-state index contributed by atoms with van der Waals surface area (Å²) < 4.78 is 0. The van der Waals surface area contributed by atoms with Crippen molar-refractivity contribution in [2.75, 3.05) is 20.6 Å². The predicted octanol–water partition coefficient (Wildman–Crippen LogP) is 3.86. The Morgan fingerprint density at radius 1 is 1.25 bits per heavy atom. The molecule has 1 aliphatic carbocycles. The van der Waals surface area contributed by atoms with E-state index in [1.165, 1.54) is 27.1 Å². The van der Waals surface area contributed by atoms with Gasteiger partial charge in [0, 0.05) is 16.3 Å². The van der Waals surface area contributed by atoms with Gasteiger partial charge < -0.3 is 10.0 Å². The zero-order valence-electron chi connectivity index (χ0n) is 14.2. The lowest BCUT2D eigenvalue weighted by Gasteiger charge is -2.11. The van der Waals surface area contributed by atoms with Crippen LogP contribution in [-0.4, -0.2) is 36.6 Å². The molecule has 3 nitrogen and oxygen atoms in total. The first-order valence-electron chi connectivity index (χ1n) is 8.31. The van der Waals surface area contributed by atoms with Crippen LogP contribution in [0.15, 0.2) is 36.4 Å². The van der Waals surface area contributed by atoms with E-state index in [0.717, 1.165) is 30.7 Å². The van der Waals surface area contributed by atoms with Crippen molar-refractivity contribution in [1.29, 1.82) is 0 Å². The van der Waals surface area contributed by atoms with Crippen LogP contribution in [0.4, 0.5) is 0 Å². The fourth-order valence-electron chi connectivity index (χ4n) is 3.22. The summed E-state index contributed by atoms with van der Waals surface area (Å²) in [7, 11) is 4.17. The minimum atomic E-state index is -0.759. The molecule has 1 aromatic carbocycles. The number of carboxylic acids is 1. The molecule has 0 saturated carbocycles. The first-order valence-corrected chi connectivity index (χ1v) is 9.13. The highest BCUT2D eigenvalue weighted by Gasteiger charge is 2.21. The molecule has 1 aromatic heterocycles. The number of benzene rings is 1. The van der Waals surface area contributed by atoms with Crippen LogP contribution in [-0.2, 0) is 24.1 Å². The van der Waals surface area contributed by atoms with Gasteiger partial charge in [-0.25, -0.2) is 0 Å². The summed E-state index contributed by atoms with van der Waals surface area (Å²) in [5.74, 6) is -0.759. The minimum Gasteiger partial charge on any atom is -0.481 e. The van der Waals surface area contributed by atoms with Crippen LogP contribution in [0.2, 0.25) is 0 Å². The highest BCUT2D eigenvalue weighted by atomic mass is 32.1. The molecule has 0 fully saturated rings. The highest BCUT2D eigenvalue weighted by Crippen LogP contribution is 2.38. The molecule has 0 radical (unpaired) electrons. The maximum Gasteiger partial charge on any atom is 0.308 e. The Labute approximate surface area is 147 Å². The van der Waals surface area contributed by atoms with Gasteiger partial charge in [0.1, 0.15) is 0 Å². The van der Waals surface area contributed by atoms with E-state index in [1.807, 2.05) is 0 Å². The maximum absolute atomic E-state index is 11.1. The normalized spacial score (nSPS) is 15.2. The Morgan fingerprint density at radius 3 is 2.79 bits per heavy atom. The number of fused-ring (bicyclic) bond motifs is 2. The molecule has 24 heavy (non-hydrogen) atoms. The molecule has 4 heteroatoms. The van der Waals surface area contributed by atoms with Gasteiger partial charge in [-0.3, -0.25) is 4.79 Å². The molecular formula is C20H23NO2S. The Hall–Kier alpha value is -1.91. The third-order valence-corrected chi connectivity index (χ3v) is 5.52. The van der Waals surface area contributed by atoms with Gasteiger partial charge in [-0.15, -0.1) is 11.3 Å². The van der Waals surface area contributed by atoms with Gasteiger partial charge in [0.25, 0.3) is 0 Å². The van der Waals surface area contributed by atoms with Crippen molar-refractivity contribution in [2.45, 2.75) is 25.7 Å². The summed E-state index contributed by atoms with van der Waals surface area (Å²) in [6.45, 7) is 1.01. The molecule has 126 valence electrons. The summed E-state index contributed by atoms with van der Waals surface area (Å²) >= 11 is 1.66. The summed E-state index contributed by atoms with van der Waals surface area (Å²) in [6, 6.07) is 10.7. The lowest BCUT2D eigenvalue weighted by atomic mass is 9.95. The quantitative estimate of drug-likeness (QED) is 0.898. The number of carboxylic acid groups (broad SMARTS) is 1. The SMILES string of the molecule is CN(C)CCC=C1c2ccccc2CCc2sc(CC(=O)O)cc21. The van der Waals surface area contributed by atoms with Gasteiger partial charge in [0.2, 0.25) is 0 Å². The van der Waals surface area contributed by atoms with Crippen molar-refractivity contribution >= 4 is 22.9 Å². The van der Waals surface area contributed by atoms with Gasteiger partial charge in [0.05, 0.1) is 6.42 Å². The van der Waals surface area contributed by atoms with Crippen molar-refractivity contribution in [3.63, 3.8) is 0 Å². The number of aryl methyl sites for hydroxylation is 2. The van der Waals surface area contributed by atoms with Crippen LogP contribution in [0.1, 0.15) is 32.9 Å². The van der Waals surface area contributed by atoms with Crippen LogP contribution in [0.3, 0.4) is 0 Å². The molecule has 2 aromatic rings. The number of rotatable bonds is 5. The first-order chi connectivity index (χ1) is 11.5. The number of aliphatic carboxylic acids is 1. The second-order valence-corrected chi connectivity index (χ2v) is 7.71. The van der Waals surface area contributed by atoms with Gasteiger partial charge >= 0.3 is 5.97 Å². The molecule has 0 bridgehead atoms. The predicted molar refractivity (Wildman–Crippen MR) is 99.8 cm³/mol. The summed E-state index contributed by atoms with van der Waals surface area (Å²) in [5.41, 5.74) is 5.19. The summed E-state index contributed by atoms with van der Waals surface area (Å²) in [5, 5.41) is 9.10. The van der Waals surface area contributed by atoms with E-state index < -0.39 is 5.97 Å². The standard InChI is InChI=1S/C20H23NO2S/c1-21(2)11-5-8-17-16-7-4-3-6-14(16)9-10-19-18(17)12-15(24-19)13-20(22)23/h3-4,6-8,12H,5,9-11,13H2,1-2H3,(H,22,23). The first kappa shape index (κ1) is 16.9. The van der Waals surface area contributed by atoms with Gasteiger partial charge in [-0.05, 0) is 61.7 Å². The molecule has 1 N–H and O–H groups in total. The Morgan fingerprint density at radius 2 is 2.04 bits per heavy atom. The second kappa shape index (κ2) is 7.32. The van der Waals surface area contributed by atoms with E-state index >= 15 is 0 Å². The Kier molecular flexibility index (Phi) is 5.17. The lowest BCUT2D eigenvalue weighted by molar-refractivity contribution is -0.136. The summed E-state index contributed by atoms with van der Waals surface area (Å²) in [6.07, 6.45) is 5.42. The largest absolute Gasteiger partial charge is 0.481 e. The monoisotopic (exact) mass is 341 g/mol. The zero-order valence-corrected chi connectivity index (χ0v) is 15.0. The average molecular weight is 341 g/mol. The third kappa shape index (κ3) is 3.77. The van der Waals surface area contributed by atoms with Crippen LogP contribution >= 0.6 is 11.3 Å². The molecule has 0 saturated heterocycles. The molecule has 1 aliphatic rings. The lowest BCUT2D eigenvalue weighted by Crippen LogP contribution is -2.12. The van der Waals surface area contributed by atoms with Crippen LogP contribution in [0.5, 0.6) is 0 Å². The topological polar surface area (TPSA) is 40.5 Å². The van der Waals surface area contributed by atoms with Crippen molar-refractivity contribution in [3.8, 4) is 0 Å². The maximum atomic E-state index is 11.1. The minimum absolute atomic E-state index is 0.115. The van der Waals surface area contributed by atoms with Gasteiger partial charge in [-0.2, -0.15) is 0 Å². The fourth-order valence-corrected chi connectivity index (χ4v) is 4.39. The molecule has 3 rings (SSSR count). The molecule has 0 unspecified atom stereocenters. The van der Waals surface area contributed by atoms with E-state index in [1.54, 1.807) is 11.3 Å². The summed E-state index contributed by atoms with van der Waals surface area (Å²) in [4.78, 5) is 15.5. The van der Waals surface area contributed by atoms with E-state index in [4.69, 9.17) is 5.11 Å². The number of hydrogen-bond acceptors (Lipinski definition) is 3. The molecule has 0 spiro atoms. The van der Waals surface area contributed by atoms with Crippen molar-refractivity contribution < 1.29 is 9.90 Å². The van der Waals surface area contributed by atoms with E-state index in [-0.39, 0.29) is 6.42 Å². The smallest absolute Gasteiger partial charge is 0.308 e. The molecular weight excluding hydrogens is 318 g/mol. The number of hydrogen-bond donors (Lipinski definition) is 1.